The summed E-state index contributed by atoms with van der Waals surface area (Å²) in [5.41, 5.74) is 2.14. The lowest BCUT2D eigenvalue weighted by Crippen LogP contribution is -2.17. The Labute approximate surface area is 141 Å². The van der Waals surface area contributed by atoms with Gasteiger partial charge in [0.05, 0.1) is 24.5 Å². The number of allylic oxidation sites excluding steroid dienone is 1. The van der Waals surface area contributed by atoms with E-state index in [-0.39, 0.29) is 0 Å². The lowest BCUT2D eigenvalue weighted by Gasteiger charge is -2.28. The molecule has 1 saturated carbocycles. The molecular formula is C21H29NO. The van der Waals surface area contributed by atoms with Gasteiger partial charge in [-0.15, -0.1) is 0 Å². The third-order valence-electron chi connectivity index (χ3n) is 4.86. The maximum Gasteiger partial charge on any atom is 0.0991 e. The lowest BCUT2D eigenvalue weighted by atomic mass is 9.79. The molecule has 1 aliphatic carbocycles. The molecule has 1 aromatic carbocycles. The molecule has 0 aromatic heterocycles. The monoisotopic (exact) mass is 311 g/mol. The molecule has 0 atom stereocenters. The highest BCUT2D eigenvalue weighted by Crippen LogP contribution is 2.35. The molecule has 1 aliphatic rings. The number of hydrogen-bond donors (Lipinski definition) is 0. The zero-order valence-electron chi connectivity index (χ0n) is 14.3. The fraction of sp³-hybridized carbons (Fsp3) is 0.571. The Morgan fingerprint density at radius 3 is 2.52 bits per heavy atom. The molecule has 0 unspecified atom stereocenters. The van der Waals surface area contributed by atoms with E-state index in [1.807, 2.05) is 18.4 Å². The quantitative estimate of drug-likeness (QED) is 0.439. The van der Waals surface area contributed by atoms with E-state index in [2.05, 4.69) is 31.2 Å². The highest BCUT2D eigenvalue weighted by Gasteiger charge is 2.22. The highest BCUT2D eigenvalue weighted by atomic mass is 16.5. The van der Waals surface area contributed by atoms with Gasteiger partial charge in [0, 0.05) is 0 Å². The van der Waals surface area contributed by atoms with Crippen molar-refractivity contribution in [1.29, 1.82) is 5.26 Å². The van der Waals surface area contributed by atoms with Crippen LogP contribution in [0.3, 0.4) is 0 Å². The van der Waals surface area contributed by atoms with Crippen molar-refractivity contribution in [3.8, 4) is 6.07 Å². The number of unbranched alkanes of at least 4 members (excludes halogenated alkanes) is 3. The van der Waals surface area contributed by atoms with E-state index in [1.54, 1.807) is 0 Å². The van der Waals surface area contributed by atoms with Crippen LogP contribution in [0.1, 0.15) is 75.3 Å². The van der Waals surface area contributed by atoms with Crippen LogP contribution < -0.4 is 0 Å². The molecule has 23 heavy (non-hydrogen) atoms. The van der Waals surface area contributed by atoms with E-state index < -0.39 is 0 Å². The lowest BCUT2D eigenvalue weighted by molar-refractivity contribution is 0.159. The summed E-state index contributed by atoms with van der Waals surface area (Å²) in [6.07, 6.45) is 14.0. The zero-order chi connectivity index (χ0) is 16.3. The maximum atomic E-state index is 8.87. The van der Waals surface area contributed by atoms with Crippen molar-refractivity contribution < 1.29 is 4.74 Å². The second-order valence-corrected chi connectivity index (χ2v) is 6.65. The number of nitrogens with zero attached hydrogens (tertiary/aromatic N) is 1. The zero-order valence-corrected chi connectivity index (χ0v) is 14.3. The van der Waals surface area contributed by atoms with Crippen molar-refractivity contribution in [3.63, 3.8) is 0 Å². The second kappa shape index (κ2) is 10.1. The Bertz CT molecular complexity index is 504. The highest BCUT2D eigenvalue weighted by molar-refractivity contribution is 5.33. The van der Waals surface area contributed by atoms with Crippen LogP contribution in [0, 0.1) is 17.2 Å². The third-order valence-corrected chi connectivity index (χ3v) is 4.86. The standard InChI is InChI=1S/C21H29NO/c1-2-3-4-5-6-15-23-17-19-9-13-21(14-10-19)20-11-7-18(16-22)8-12-20/h6-8,11-12,15,19,21H,2-5,9-10,13-14,17H2,1H3/b15-6+. The Kier molecular flexibility index (Phi) is 7.73. The molecule has 2 rings (SSSR count). The molecular weight excluding hydrogens is 282 g/mol. The van der Waals surface area contributed by atoms with Gasteiger partial charge in [0.1, 0.15) is 0 Å². The molecule has 0 N–H and O–H groups in total. The average Bonchev–Trinajstić information content (AvgIpc) is 2.61. The predicted octanol–water partition coefficient (Wildman–Crippen LogP) is 5.94. The minimum absolute atomic E-state index is 0.656. The first-order chi connectivity index (χ1) is 11.3. The van der Waals surface area contributed by atoms with E-state index >= 15 is 0 Å². The minimum atomic E-state index is 0.656. The molecule has 2 heteroatoms. The van der Waals surface area contributed by atoms with Crippen LogP contribution in [0.25, 0.3) is 0 Å². The van der Waals surface area contributed by atoms with Crippen LogP contribution in [0.4, 0.5) is 0 Å². The SMILES string of the molecule is CCCCC/C=C/OCC1CCC(c2ccc(C#N)cc2)CC1. The summed E-state index contributed by atoms with van der Waals surface area (Å²) >= 11 is 0. The van der Waals surface area contributed by atoms with Crippen molar-refractivity contribution >= 4 is 0 Å². The van der Waals surface area contributed by atoms with Crippen molar-refractivity contribution in [1.82, 2.24) is 0 Å². The largest absolute Gasteiger partial charge is 0.501 e. The van der Waals surface area contributed by atoms with E-state index in [4.69, 9.17) is 10.00 Å². The Hall–Kier alpha value is -1.75. The normalized spacial score (nSPS) is 21.2. The fourth-order valence-corrected chi connectivity index (χ4v) is 3.33. The van der Waals surface area contributed by atoms with Crippen molar-refractivity contribution in [2.45, 2.75) is 64.2 Å². The van der Waals surface area contributed by atoms with Crippen molar-refractivity contribution in [2.75, 3.05) is 6.61 Å². The summed E-state index contributed by atoms with van der Waals surface area (Å²) in [7, 11) is 0. The van der Waals surface area contributed by atoms with Gasteiger partial charge < -0.3 is 4.74 Å². The van der Waals surface area contributed by atoms with E-state index in [9.17, 15) is 0 Å². The molecule has 0 bridgehead atoms. The Morgan fingerprint density at radius 1 is 1.13 bits per heavy atom. The number of benzene rings is 1. The van der Waals surface area contributed by atoms with Gasteiger partial charge in [-0.05, 0) is 74.1 Å². The van der Waals surface area contributed by atoms with Gasteiger partial charge in [-0.25, -0.2) is 0 Å². The summed E-state index contributed by atoms with van der Waals surface area (Å²) < 4.78 is 5.71. The Balaban J connectivity index is 1.64. The van der Waals surface area contributed by atoms with Crippen LogP contribution in [-0.4, -0.2) is 6.61 Å². The van der Waals surface area contributed by atoms with Crippen LogP contribution >= 0.6 is 0 Å². The van der Waals surface area contributed by atoms with E-state index in [0.29, 0.717) is 11.8 Å². The summed E-state index contributed by atoms with van der Waals surface area (Å²) in [6, 6.07) is 10.3. The molecule has 124 valence electrons. The predicted molar refractivity (Wildman–Crippen MR) is 95.1 cm³/mol. The van der Waals surface area contributed by atoms with Gasteiger partial charge in [0.25, 0.3) is 0 Å². The molecule has 1 fully saturated rings. The average molecular weight is 311 g/mol. The Morgan fingerprint density at radius 2 is 1.87 bits per heavy atom. The summed E-state index contributed by atoms with van der Waals surface area (Å²) in [6.45, 7) is 3.10. The fourth-order valence-electron chi connectivity index (χ4n) is 3.33. The molecule has 2 nitrogen and oxygen atoms in total. The molecule has 1 aromatic rings. The molecule has 0 aliphatic heterocycles. The second-order valence-electron chi connectivity index (χ2n) is 6.65. The maximum absolute atomic E-state index is 8.87. The molecule has 0 amide bonds. The van der Waals surface area contributed by atoms with Gasteiger partial charge in [-0.3, -0.25) is 0 Å². The van der Waals surface area contributed by atoms with Gasteiger partial charge in [-0.1, -0.05) is 31.9 Å². The van der Waals surface area contributed by atoms with Gasteiger partial charge in [0.15, 0.2) is 0 Å². The first-order valence-electron chi connectivity index (χ1n) is 9.10. The van der Waals surface area contributed by atoms with E-state index in [0.717, 1.165) is 18.6 Å². The van der Waals surface area contributed by atoms with Crippen LogP contribution in [0.15, 0.2) is 36.6 Å². The topological polar surface area (TPSA) is 33.0 Å². The van der Waals surface area contributed by atoms with Crippen LogP contribution in [-0.2, 0) is 4.74 Å². The first-order valence-corrected chi connectivity index (χ1v) is 9.10. The summed E-state index contributed by atoms with van der Waals surface area (Å²) in [5, 5.41) is 8.87. The van der Waals surface area contributed by atoms with Crippen LogP contribution in [0.2, 0.25) is 0 Å². The van der Waals surface area contributed by atoms with Crippen molar-refractivity contribution in [3.05, 3.63) is 47.7 Å². The minimum Gasteiger partial charge on any atom is -0.501 e. The molecule has 0 saturated heterocycles. The molecule has 0 spiro atoms. The summed E-state index contributed by atoms with van der Waals surface area (Å²) in [4.78, 5) is 0. The number of rotatable bonds is 8. The van der Waals surface area contributed by atoms with Crippen molar-refractivity contribution in [2.24, 2.45) is 5.92 Å². The van der Waals surface area contributed by atoms with E-state index in [1.165, 1.54) is 50.5 Å². The third kappa shape index (κ3) is 6.10. The molecule has 0 radical (unpaired) electrons. The summed E-state index contributed by atoms with van der Waals surface area (Å²) in [5.74, 6) is 1.36. The number of hydrogen-bond acceptors (Lipinski definition) is 2. The smallest absolute Gasteiger partial charge is 0.0991 e. The van der Waals surface area contributed by atoms with Gasteiger partial charge in [-0.2, -0.15) is 5.26 Å². The number of ether oxygens (including phenoxy) is 1. The number of nitriles is 1. The first kappa shape index (κ1) is 17.6. The van der Waals surface area contributed by atoms with Gasteiger partial charge >= 0.3 is 0 Å². The van der Waals surface area contributed by atoms with Crippen LogP contribution in [0.5, 0.6) is 0 Å². The molecule has 0 heterocycles. The van der Waals surface area contributed by atoms with Gasteiger partial charge in [0.2, 0.25) is 0 Å².